The van der Waals surface area contributed by atoms with Crippen molar-refractivity contribution in [1.82, 2.24) is 9.88 Å². The number of hydrogen-bond donors (Lipinski definition) is 2. The van der Waals surface area contributed by atoms with Gasteiger partial charge >= 0.3 is 0 Å². The van der Waals surface area contributed by atoms with Gasteiger partial charge in [0, 0.05) is 24.0 Å². The molecule has 116 valence electrons. The number of aromatic nitrogens is 1. The number of nitrogens with zero attached hydrogens (tertiary/aromatic N) is 1. The van der Waals surface area contributed by atoms with E-state index in [1.807, 2.05) is 17.5 Å². The van der Waals surface area contributed by atoms with Crippen LogP contribution in [0, 0.1) is 5.92 Å². The fraction of sp³-hybridized carbons (Fsp3) is 0.375. The second kappa shape index (κ2) is 6.46. The molecular formula is C16H18N2O3S. The minimum Gasteiger partial charge on any atom is -0.387 e. The van der Waals surface area contributed by atoms with Crippen LogP contribution in [-0.2, 0) is 0 Å². The lowest BCUT2D eigenvalue weighted by molar-refractivity contribution is 0.0470. The molecule has 22 heavy (non-hydrogen) atoms. The van der Waals surface area contributed by atoms with Crippen molar-refractivity contribution in [3.05, 3.63) is 56.6 Å². The zero-order chi connectivity index (χ0) is 15.5. The second-order valence-corrected chi connectivity index (χ2v) is 6.50. The van der Waals surface area contributed by atoms with Crippen LogP contribution < -0.4 is 5.56 Å². The number of aliphatic hydroxyl groups excluding tert-OH is 1. The SMILES string of the molecule is O=C(c1cccc(=O)[nH]1)N1CCC(C(O)c2cccs2)CC1. The van der Waals surface area contributed by atoms with Crippen molar-refractivity contribution in [1.29, 1.82) is 0 Å². The Morgan fingerprint density at radius 1 is 1.27 bits per heavy atom. The van der Waals surface area contributed by atoms with Crippen molar-refractivity contribution in [2.75, 3.05) is 13.1 Å². The van der Waals surface area contributed by atoms with E-state index in [2.05, 4.69) is 4.98 Å². The molecule has 1 amide bonds. The highest BCUT2D eigenvalue weighted by molar-refractivity contribution is 7.10. The Morgan fingerprint density at radius 2 is 2.05 bits per heavy atom. The number of rotatable bonds is 3. The van der Waals surface area contributed by atoms with Gasteiger partial charge in [-0.2, -0.15) is 0 Å². The van der Waals surface area contributed by atoms with Crippen molar-refractivity contribution in [3.8, 4) is 0 Å². The van der Waals surface area contributed by atoms with Crippen LogP contribution in [0.2, 0.25) is 0 Å². The van der Waals surface area contributed by atoms with Crippen LogP contribution in [0.4, 0.5) is 0 Å². The largest absolute Gasteiger partial charge is 0.387 e. The van der Waals surface area contributed by atoms with Crippen LogP contribution in [0.3, 0.4) is 0 Å². The van der Waals surface area contributed by atoms with E-state index in [4.69, 9.17) is 0 Å². The van der Waals surface area contributed by atoms with Gasteiger partial charge in [0.1, 0.15) is 5.69 Å². The number of carbonyl (C=O) groups is 1. The molecule has 1 aliphatic heterocycles. The molecule has 5 nitrogen and oxygen atoms in total. The van der Waals surface area contributed by atoms with E-state index in [1.54, 1.807) is 28.4 Å². The lowest BCUT2D eigenvalue weighted by Crippen LogP contribution is -2.40. The lowest BCUT2D eigenvalue weighted by Gasteiger charge is -2.33. The Morgan fingerprint density at radius 3 is 2.68 bits per heavy atom. The van der Waals surface area contributed by atoms with Crippen LogP contribution in [0.25, 0.3) is 0 Å². The van der Waals surface area contributed by atoms with Gasteiger partial charge in [-0.25, -0.2) is 0 Å². The van der Waals surface area contributed by atoms with Crippen molar-refractivity contribution >= 4 is 17.2 Å². The molecule has 0 saturated carbocycles. The fourth-order valence-electron chi connectivity index (χ4n) is 2.85. The van der Waals surface area contributed by atoms with Gasteiger partial charge < -0.3 is 15.0 Å². The minimum atomic E-state index is -0.450. The molecule has 2 aromatic rings. The first-order chi connectivity index (χ1) is 10.6. The summed E-state index contributed by atoms with van der Waals surface area (Å²) in [6.07, 6.45) is 1.08. The zero-order valence-electron chi connectivity index (χ0n) is 12.1. The minimum absolute atomic E-state index is 0.151. The van der Waals surface area contributed by atoms with E-state index in [0.29, 0.717) is 18.8 Å². The van der Waals surface area contributed by atoms with Crippen LogP contribution in [0.5, 0.6) is 0 Å². The number of piperidine rings is 1. The molecule has 1 fully saturated rings. The molecular weight excluding hydrogens is 300 g/mol. The average Bonchev–Trinajstić information content (AvgIpc) is 3.08. The number of carbonyl (C=O) groups excluding carboxylic acids is 1. The predicted octanol–water partition coefficient (Wildman–Crippen LogP) is 2.02. The summed E-state index contributed by atoms with van der Waals surface area (Å²) < 4.78 is 0. The molecule has 0 bridgehead atoms. The topological polar surface area (TPSA) is 73.4 Å². The Kier molecular flexibility index (Phi) is 4.40. The molecule has 1 unspecified atom stereocenters. The Hall–Kier alpha value is -1.92. The van der Waals surface area contributed by atoms with Gasteiger partial charge in [0.05, 0.1) is 6.10 Å². The highest BCUT2D eigenvalue weighted by Gasteiger charge is 2.29. The zero-order valence-corrected chi connectivity index (χ0v) is 12.9. The molecule has 0 radical (unpaired) electrons. The van der Waals surface area contributed by atoms with E-state index in [9.17, 15) is 14.7 Å². The molecule has 0 aliphatic carbocycles. The molecule has 1 atom stereocenters. The number of likely N-dealkylation sites (tertiary alicyclic amines) is 1. The Labute approximate surface area is 132 Å². The van der Waals surface area contributed by atoms with Crippen LogP contribution >= 0.6 is 11.3 Å². The second-order valence-electron chi connectivity index (χ2n) is 5.52. The van der Waals surface area contributed by atoms with Crippen LogP contribution in [0.1, 0.15) is 34.3 Å². The van der Waals surface area contributed by atoms with Crippen molar-refractivity contribution < 1.29 is 9.90 Å². The molecule has 1 saturated heterocycles. The smallest absolute Gasteiger partial charge is 0.270 e. The number of pyridine rings is 1. The Bertz CT molecular complexity index is 687. The summed E-state index contributed by atoms with van der Waals surface area (Å²) in [7, 11) is 0. The number of aromatic amines is 1. The molecule has 3 rings (SSSR count). The normalized spacial score (nSPS) is 17.4. The first-order valence-electron chi connectivity index (χ1n) is 7.35. The predicted molar refractivity (Wildman–Crippen MR) is 85.0 cm³/mol. The standard InChI is InChI=1S/C16H18N2O3S/c19-14-5-1-3-12(17-14)16(21)18-8-6-11(7-9-18)15(20)13-4-2-10-22-13/h1-5,10-11,15,20H,6-9H2,(H,17,19). The summed E-state index contributed by atoms with van der Waals surface area (Å²) in [6, 6.07) is 8.48. The van der Waals surface area contributed by atoms with Gasteiger partial charge in [-0.3, -0.25) is 9.59 Å². The quantitative estimate of drug-likeness (QED) is 0.909. The third kappa shape index (κ3) is 3.13. The monoisotopic (exact) mass is 318 g/mol. The van der Waals surface area contributed by atoms with E-state index in [-0.39, 0.29) is 17.4 Å². The van der Waals surface area contributed by atoms with Gasteiger partial charge in [-0.05, 0) is 36.3 Å². The lowest BCUT2D eigenvalue weighted by atomic mass is 9.90. The molecule has 6 heteroatoms. The number of nitrogens with one attached hydrogen (secondary N) is 1. The maximum Gasteiger partial charge on any atom is 0.270 e. The van der Waals surface area contributed by atoms with E-state index >= 15 is 0 Å². The first-order valence-corrected chi connectivity index (χ1v) is 8.23. The van der Waals surface area contributed by atoms with Gasteiger partial charge in [-0.15, -0.1) is 11.3 Å². The highest BCUT2D eigenvalue weighted by atomic mass is 32.1. The molecule has 2 N–H and O–H groups in total. The van der Waals surface area contributed by atoms with Crippen molar-refractivity contribution in [2.24, 2.45) is 5.92 Å². The number of hydrogen-bond acceptors (Lipinski definition) is 4. The molecule has 1 aliphatic rings. The Balaban J connectivity index is 1.62. The molecule has 0 aromatic carbocycles. The fourth-order valence-corrected chi connectivity index (χ4v) is 3.66. The summed E-state index contributed by atoms with van der Waals surface area (Å²) >= 11 is 1.56. The first kappa shape index (κ1) is 15.0. The van der Waals surface area contributed by atoms with Gasteiger partial charge in [-0.1, -0.05) is 12.1 Å². The number of H-pyrrole nitrogens is 1. The molecule has 0 spiro atoms. The number of thiophene rings is 1. The van der Waals surface area contributed by atoms with E-state index in [0.717, 1.165) is 17.7 Å². The van der Waals surface area contributed by atoms with Crippen LogP contribution in [0.15, 0.2) is 40.5 Å². The molecule has 2 aromatic heterocycles. The summed E-state index contributed by atoms with van der Waals surface area (Å²) in [4.78, 5) is 28.9. The number of aliphatic hydroxyl groups is 1. The summed E-state index contributed by atoms with van der Waals surface area (Å²) in [5.41, 5.74) is 0.0543. The number of amides is 1. The maximum atomic E-state index is 12.4. The van der Waals surface area contributed by atoms with Crippen LogP contribution in [-0.4, -0.2) is 34.0 Å². The summed E-state index contributed by atoms with van der Waals surface area (Å²) in [5.74, 6) is 0.0271. The van der Waals surface area contributed by atoms with Gasteiger partial charge in [0.15, 0.2) is 0 Å². The van der Waals surface area contributed by atoms with Crippen molar-refractivity contribution in [2.45, 2.75) is 18.9 Å². The van der Waals surface area contributed by atoms with Crippen molar-refractivity contribution in [3.63, 3.8) is 0 Å². The summed E-state index contributed by atoms with van der Waals surface area (Å²) in [5, 5.41) is 12.3. The average molecular weight is 318 g/mol. The third-order valence-electron chi connectivity index (χ3n) is 4.11. The van der Waals surface area contributed by atoms with Gasteiger partial charge in [0.25, 0.3) is 5.91 Å². The van der Waals surface area contributed by atoms with Gasteiger partial charge in [0.2, 0.25) is 5.56 Å². The van der Waals surface area contributed by atoms with E-state index in [1.165, 1.54) is 6.07 Å². The third-order valence-corrected chi connectivity index (χ3v) is 5.05. The maximum absolute atomic E-state index is 12.4. The highest BCUT2D eigenvalue weighted by Crippen LogP contribution is 2.33. The molecule has 3 heterocycles. The summed E-state index contributed by atoms with van der Waals surface area (Å²) in [6.45, 7) is 1.20. The van der Waals surface area contributed by atoms with E-state index < -0.39 is 6.10 Å².